The number of nitrogens with two attached hydrogens (primary N) is 1. The van der Waals surface area contributed by atoms with Gasteiger partial charge in [-0.25, -0.2) is 9.19 Å². The lowest BCUT2D eigenvalue weighted by Gasteiger charge is -2.14. The highest BCUT2D eigenvalue weighted by atomic mass is 32.2. The number of carbonyl (C=O) groups is 1. The first-order chi connectivity index (χ1) is 12.5. The Labute approximate surface area is 154 Å². The molecule has 6 nitrogen and oxygen atoms in total. The van der Waals surface area contributed by atoms with Crippen LogP contribution in [0.2, 0.25) is 0 Å². The van der Waals surface area contributed by atoms with Crippen molar-refractivity contribution in [2.24, 2.45) is 5.73 Å². The Balaban J connectivity index is 1.75. The van der Waals surface area contributed by atoms with Gasteiger partial charge < -0.3 is 16.0 Å². The minimum absolute atomic E-state index is 0.325. The summed E-state index contributed by atoms with van der Waals surface area (Å²) in [5.41, 5.74) is 8.30. The van der Waals surface area contributed by atoms with E-state index in [0.717, 1.165) is 11.3 Å². The van der Waals surface area contributed by atoms with Gasteiger partial charge in [0.25, 0.3) is 0 Å². The van der Waals surface area contributed by atoms with Crippen LogP contribution >= 0.6 is 0 Å². The summed E-state index contributed by atoms with van der Waals surface area (Å²) in [6.07, 6.45) is 2.04. The Morgan fingerprint density at radius 2 is 1.88 bits per heavy atom. The van der Waals surface area contributed by atoms with Gasteiger partial charge in [0.2, 0.25) is 11.1 Å². The van der Waals surface area contributed by atoms with Gasteiger partial charge in [-0.2, -0.15) is 0 Å². The van der Waals surface area contributed by atoms with E-state index >= 15 is 0 Å². The Hall–Kier alpha value is -2.77. The molecule has 1 amide bonds. The zero-order chi connectivity index (χ0) is 18.5. The Bertz CT molecular complexity index is 924. The number of rotatable bonds is 6. The van der Waals surface area contributed by atoms with E-state index in [9.17, 15) is 9.00 Å². The second-order valence-electron chi connectivity index (χ2n) is 5.92. The van der Waals surface area contributed by atoms with Crippen LogP contribution in [0.3, 0.4) is 0 Å². The second-order valence-corrected chi connectivity index (χ2v) is 7.29. The monoisotopic (exact) mass is 368 g/mol. The molecule has 3 rings (SSSR count). The molecule has 134 valence electrons. The van der Waals surface area contributed by atoms with Crippen molar-refractivity contribution in [3.05, 3.63) is 72.1 Å². The third-order valence-corrected chi connectivity index (χ3v) is 5.15. The van der Waals surface area contributed by atoms with Crippen molar-refractivity contribution in [1.82, 2.24) is 9.97 Å². The minimum Gasteiger partial charge on any atom is -0.335 e. The number of aromatic amines is 1. The summed E-state index contributed by atoms with van der Waals surface area (Å²) in [5, 5.41) is 3.13. The molecule has 0 radical (unpaired) electrons. The Kier molecular flexibility index (Phi) is 5.60. The van der Waals surface area contributed by atoms with Crippen molar-refractivity contribution in [3.63, 3.8) is 0 Å². The van der Waals surface area contributed by atoms with Crippen molar-refractivity contribution in [1.29, 1.82) is 0 Å². The molecule has 0 aliphatic carbocycles. The summed E-state index contributed by atoms with van der Waals surface area (Å²) in [6.45, 7) is 1.84. The number of benzene rings is 2. The number of amides is 1. The summed E-state index contributed by atoms with van der Waals surface area (Å²) in [5.74, 6) is -0.325. The Morgan fingerprint density at radius 1 is 1.19 bits per heavy atom. The van der Waals surface area contributed by atoms with Crippen molar-refractivity contribution in [2.45, 2.75) is 29.4 Å². The molecule has 0 aliphatic rings. The highest BCUT2D eigenvalue weighted by Crippen LogP contribution is 2.23. The van der Waals surface area contributed by atoms with Crippen LogP contribution in [0.5, 0.6) is 0 Å². The van der Waals surface area contributed by atoms with Crippen molar-refractivity contribution >= 4 is 22.4 Å². The van der Waals surface area contributed by atoms with Crippen molar-refractivity contribution < 1.29 is 9.00 Å². The highest BCUT2D eigenvalue weighted by Gasteiger charge is 2.19. The summed E-state index contributed by atoms with van der Waals surface area (Å²) in [4.78, 5) is 20.0. The lowest BCUT2D eigenvalue weighted by Crippen LogP contribution is -2.37. The quantitative estimate of drug-likeness (QED) is 0.622. The fourth-order valence-corrected chi connectivity index (χ4v) is 3.64. The average molecular weight is 368 g/mol. The standard InChI is InChI=1S/C19H20N4O2S/c1-13-12-21-19(22-13)26(25)17-10-6-5-9-16(17)23-18(24)15(20)11-14-7-3-2-4-8-14/h2-10,12,15H,11,20H2,1H3,(H,21,22)(H,23,24)/t15-,26?/m0/s1. The number of imidazole rings is 1. The van der Waals surface area contributed by atoms with Crippen LogP contribution in [0.15, 0.2) is 70.8 Å². The largest absolute Gasteiger partial charge is 0.335 e. The van der Waals surface area contributed by atoms with Crippen LogP contribution in [0, 0.1) is 6.92 Å². The molecule has 2 atom stereocenters. The van der Waals surface area contributed by atoms with E-state index < -0.39 is 16.8 Å². The Morgan fingerprint density at radius 3 is 2.58 bits per heavy atom. The smallest absolute Gasteiger partial charge is 0.241 e. The van der Waals surface area contributed by atoms with E-state index in [1.54, 1.807) is 30.5 Å². The fourth-order valence-electron chi connectivity index (χ4n) is 2.50. The summed E-state index contributed by atoms with van der Waals surface area (Å²) in [7, 11) is -1.53. The van der Waals surface area contributed by atoms with E-state index in [1.165, 1.54) is 0 Å². The number of aromatic nitrogens is 2. The zero-order valence-corrected chi connectivity index (χ0v) is 15.1. The third kappa shape index (κ3) is 4.25. The molecule has 0 fully saturated rings. The number of hydrogen-bond donors (Lipinski definition) is 3. The molecule has 1 aromatic heterocycles. The van der Waals surface area contributed by atoms with E-state index in [-0.39, 0.29) is 5.91 Å². The molecule has 26 heavy (non-hydrogen) atoms. The molecule has 0 spiro atoms. The number of hydrogen-bond acceptors (Lipinski definition) is 4. The molecule has 0 saturated carbocycles. The summed E-state index contributed by atoms with van der Waals surface area (Å²) < 4.78 is 12.8. The summed E-state index contributed by atoms with van der Waals surface area (Å²) in [6, 6.07) is 15.8. The van der Waals surface area contributed by atoms with Gasteiger partial charge in [-0.15, -0.1) is 0 Å². The number of nitrogens with zero attached hydrogens (tertiary/aromatic N) is 1. The predicted molar refractivity (Wildman–Crippen MR) is 101 cm³/mol. The first-order valence-electron chi connectivity index (χ1n) is 8.17. The predicted octanol–water partition coefficient (Wildman–Crippen LogP) is 2.39. The number of carbonyl (C=O) groups excluding carboxylic acids is 1. The fraction of sp³-hybridized carbons (Fsp3) is 0.158. The average Bonchev–Trinajstić information content (AvgIpc) is 3.09. The molecule has 1 unspecified atom stereocenters. The number of para-hydroxylation sites is 1. The first kappa shape index (κ1) is 18.0. The first-order valence-corrected chi connectivity index (χ1v) is 9.32. The van der Waals surface area contributed by atoms with E-state index in [0.29, 0.717) is 22.2 Å². The molecule has 0 aliphatic heterocycles. The lowest BCUT2D eigenvalue weighted by atomic mass is 10.1. The van der Waals surface area contributed by atoms with Crippen LogP contribution in [0.25, 0.3) is 0 Å². The molecule has 7 heteroatoms. The molecule has 1 heterocycles. The number of anilines is 1. The molecule has 4 N–H and O–H groups in total. The number of aryl methyl sites for hydroxylation is 1. The highest BCUT2D eigenvalue weighted by molar-refractivity contribution is 7.85. The van der Waals surface area contributed by atoms with Crippen molar-refractivity contribution in [2.75, 3.05) is 5.32 Å². The molecule has 0 bridgehead atoms. The molecule has 2 aromatic carbocycles. The lowest BCUT2D eigenvalue weighted by molar-refractivity contribution is -0.117. The number of nitrogens with one attached hydrogen (secondary N) is 2. The maximum Gasteiger partial charge on any atom is 0.241 e. The van der Waals surface area contributed by atoms with Crippen LogP contribution in [0.4, 0.5) is 5.69 Å². The van der Waals surface area contributed by atoms with Gasteiger partial charge in [0.1, 0.15) is 10.8 Å². The van der Waals surface area contributed by atoms with Gasteiger partial charge in [0, 0.05) is 11.9 Å². The summed E-state index contributed by atoms with van der Waals surface area (Å²) >= 11 is 0. The van der Waals surface area contributed by atoms with Gasteiger partial charge >= 0.3 is 0 Å². The van der Waals surface area contributed by atoms with E-state index in [2.05, 4.69) is 15.3 Å². The van der Waals surface area contributed by atoms with Crippen molar-refractivity contribution in [3.8, 4) is 0 Å². The maximum absolute atomic E-state index is 12.8. The van der Waals surface area contributed by atoms with Gasteiger partial charge in [0.05, 0.1) is 16.6 Å². The topological polar surface area (TPSA) is 101 Å². The van der Waals surface area contributed by atoms with Gasteiger partial charge in [-0.05, 0) is 31.0 Å². The normalized spacial score (nSPS) is 13.2. The second kappa shape index (κ2) is 8.07. The maximum atomic E-state index is 12.8. The van der Waals surface area contributed by atoms with Gasteiger partial charge in [0.15, 0.2) is 0 Å². The van der Waals surface area contributed by atoms with Crippen LogP contribution in [-0.4, -0.2) is 26.1 Å². The zero-order valence-electron chi connectivity index (χ0n) is 14.3. The number of H-pyrrole nitrogens is 1. The van der Waals surface area contributed by atoms with Crippen LogP contribution in [-0.2, 0) is 22.0 Å². The SMILES string of the molecule is Cc1cnc(S(=O)c2ccccc2NC(=O)[C@@H](N)Cc2ccccc2)[nH]1. The molecule has 0 saturated heterocycles. The molecular weight excluding hydrogens is 348 g/mol. The van der Waals surface area contributed by atoms with Gasteiger partial charge in [-0.3, -0.25) is 4.79 Å². The van der Waals surface area contributed by atoms with Gasteiger partial charge in [-0.1, -0.05) is 42.5 Å². The van der Waals surface area contributed by atoms with E-state index in [4.69, 9.17) is 5.73 Å². The molecular formula is C19H20N4O2S. The molecule has 3 aromatic rings. The van der Waals surface area contributed by atoms with Crippen LogP contribution < -0.4 is 11.1 Å². The van der Waals surface area contributed by atoms with E-state index in [1.807, 2.05) is 37.3 Å². The van der Waals surface area contributed by atoms with Crippen LogP contribution in [0.1, 0.15) is 11.3 Å². The third-order valence-electron chi connectivity index (χ3n) is 3.84. The minimum atomic E-state index is -1.53.